The van der Waals surface area contributed by atoms with E-state index in [0.29, 0.717) is 38.6 Å². The molecule has 29 heteroatoms. The van der Waals surface area contributed by atoms with Gasteiger partial charge in [-0.3, -0.25) is 24.0 Å². The molecule has 0 aliphatic rings. The minimum atomic E-state index is -4.68. The number of halogens is 3. The number of ketones is 1. The van der Waals surface area contributed by atoms with Gasteiger partial charge >= 0.3 is 0 Å². The Bertz CT molecular complexity index is 4180. The van der Waals surface area contributed by atoms with E-state index in [4.69, 9.17) is 11.6 Å². The average molecular weight is 1310 g/mol. The minimum Gasteiger partial charge on any atom is -0.506 e. The van der Waals surface area contributed by atoms with Crippen LogP contribution in [-0.4, -0.2) is 92.0 Å². The zero-order valence-corrected chi connectivity index (χ0v) is 47.7. The van der Waals surface area contributed by atoms with Gasteiger partial charge in [-0.1, -0.05) is 105 Å². The number of para-hydroxylation sites is 1. The number of nitrogens with zero attached hydrogens (tertiary/aromatic N) is 10. The summed E-state index contributed by atoms with van der Waals surface area (Å²) in [6, 6.07) is 32.1. The van der Waals surface area contributed by atoms with Crippen LogP contribution < -0.4 is 0 Å². The van der Waals surface area contributed by atoms with Crippen LogP contribution in [0.25, 0.3) is 27.2 Å². The summed E-state index contributed by atoms with van der Waals surface area (Å²) in [5.41, 5.74) is 1.95. The van der Waals surface area contributed by atoms with E-state index in [-0.39, 0.29) is 126 Å². The van der Waals surface area contributed by atoms with Crippen molar-refractivity contribution in [2.45, 2.75) is 40.8 Å². The number of fused-ring (bicyclic) bond motifs is 2. The monoisotopic (exact) mass is 1310 g/mol. The molecule has 0 saturated carbocycles. The van der Waals surface area contributed by atoms with E-state index < -0.39 is 40.6 Å². The summed E-state index contributed by atoms with van der Waals surface area (Å²) in [4.78, 5) is 34.3. The fraction of sp³-hybridized carbons (Fsp3) is 0.118. The van der Waals surface area contributed by atoms with Crippen LogP contribution >= 0.6 is 43.5 Å². The van der Waals surface area contributed by atoms with Gasteiger partial charge in [-0.2, -0.15) is 26.6 Å². The molecule has 7 aromatic carbocycles. The van der Waals surface area contributed by atoms with E-state index in [1.54, 1.807) is 73.7 Å². The molecular weight excluding hydrogens is 1270 g/mol. The van der Waals surface area contributed by atoms with Crippen LogP contribution in [0.5, 0.6) is 23.1 Å². The average Bonchev–Trinajstić information content (AvgIpc) is 3.71. The van der Waals surface area contributed by atoms with Gasteiger partial charge in [0, 0.05) is 76.3 Å². The molecule has 23 nitrogen and oxygen atoms in total. The number of aromatic nitrogens is 5. The second kappa shape index (κ2) is 25.2. The third kappa shape index (κ3) is 14.0. The number of hydrogen-bond donors (Lipinski definition) is 6. The first-order valence-corrected chi connectivity index (χ1v) is 28.1. The topological polar surface area (TPSA) is 356 Å². The van der Waals surface area contributed by atoms with Crippen LogP contribution in [0, 0.1) is 17.0 Å². The molecular formula is C51H39Br2ClCrN10O13S2. The summed E-state index contributed by atoms with van der Waals surface area (Å²) in [6.07, 6.45) is -0.0570. The Labute approximate surface area is 486 Å². The summed E-state index contributed by atoms with van der Waals surface area (Å²) < 4.78 is 68.6. The third-order valence-corrected chi connectivity index (χ3v) is 16.0. The molecule has 80 heavy (non-hydrogen) atoms. The Morgan fingerprint density at radius 2 is 1.32 bits per heavy atom. The molecule has 0 aliphatic heterocycles. The Hall–Kier alpha value is -7.65. The summed E-state index contributed by atoms with van der Waals surface area (Å²) in [5.74, 6) is -1.10. The van der Waals surface area contributed by atoms with Crippen LogP contribution in [0.1, 0.15) is 34.0 Å². The predicted octanol–water partition coefficient (Wildman–Crippen LogP) is 11.5. The SMILES string of the molecule is Cc1nn(-c2ccccc2)c(O)c1N=Nc1c(O)cc(S(=O)(=O)O)c2ccccc12.O=C(Cc1ccc(Cc2nc(Cl)nc(Cc3ccc4ccc(N=Nc5cc([N+](=O)[O-])ccc5O)c(O)c4c3)n2)c(S(=O)(=O)O)c1)C(Br)CBr.[Cr]. The van der Waals surface area contributed by atoms with Crippen LogP contribution in [0.15, 0.2) is 158 Å². The number of phenols is 3. The normalized spacial score (nSPS) is 12.1. The second-order valence-electron chi connectivity index (χ2n) is 17.1. The standard InChI is InChI=1S/C31H23Br2ClN6O8S.C20H16N4O5S.Cr/c32-15-22(33)26(42)10-17-2-4-19(27(11-17)49(46,47)48)13-29-35-28(36-31(34)37-29)12-16-1-3-18-5-7-23(30(43)21(18)9-16)38-39-24-14-20(40(44)45)6-8-25(24)41;1-12-18(20(26)24(23-12)13-7-3-2-4-8-13)21-22-19-15-10-6-5-9-14(15)17(11-16(19)25)30(27,28)29;/h1-9,11,14,22,41,43H,10,12-13,15H2,(H,46,47,48);2-11,25-26H,1H3,(H,27,28,29);. The number of azo groups is 2. The Kier molecular flexibility index (Phi) is 18.9. The number of nitro groups is 1. The molecule has 6 N–H and O–H groups in total. The van der Waals surface area contributed by atoms with Crippen molar-refractivity contribution in [1.82, 2.24) is 24.7 Å². The first kappa shape index (κ1) is 60.0. The third-order valence-electron chi connectivity index (χ3n) is 11.6. The number of rotatable bonds is 16. The number of carbonyl (C=O) groups excluding carboxylic acids is 1. The van der Waals surface area contributed by atoms with Crippen molar-refractivity contribution < 1.29 is 73.4 Å². The van der Waals surface area contributed by atoms with E-state index in [0.717, 1.165) is 24.3 Å². The molecule has 0 bridgehead atoms. The molecule has 0 saturated heterocycles. The first-order chi connectivity index (χ1) is 37.5. The Balaban J connectivity index is 0.000000255. The van der Waals surface area contributed by atoms with Crippen molar-refractivity contribution in [3.05, 3.63) is 177 Å². The van der Waals surface area contributed by atoms with Crippen LogP contribution in [-0.2, 0) is 61.7 Å². The van der Waals surface area contributed by atoms with Gasteiger partial charge < -0.3 is 20.4 Å². The van der Waals surface area contributed by atoms with Crippen molar-refractivity contribution >= 4 is 119 Å². The summed E-state index contributed by atoms with van der Waals surface area (Å²) in [5, 5.41) is 74.9. The molecule has 410 valence electrons. The molecule has 0 aliphatic carbocycles. The van der Waals surface area contributed by atoms with E-state index in [9.17, 15) is 61.3 Å². The maximum Gasteiger partial charge on any atom is 0.295 e. The number of benzene rings is 7. The number of Topliss-reactive ketones (excluding diaryl/α,β-unsaturated/α-hetero) is 1. The van der Waals surface area contributed by atoms with E-state index >= 15 is 0 Å². The Morgan fingerprint density at radius 1 is 0.700 bits per heavy atom. The van der Waals surface area contributed by atoms with Crippen molar-refractivity contribution in [2.24, 2.45) is 20.5 Å². The maximum absolute atomic E-state index is 12.4. The van der Waals surface area contributed by atoms with Crippen LogP contribution in [0.3, 0.4) is 0 Å². The Morgan fingerprint density at radius 3 is 2.00 bits per heavy atom. The first-order valence-electron chi connectivity index (χ1n) is 22.8. The van der Waals surface area contributed by atoms with Gasteiger partial charge in [0.1, 0.15) is 45.1 Å². The van der Waals surface area contributed by atoms with E-state index in [1.807, 2.05) is 6.07 Å². The number of carbonyl (C=O) groups is 1. The minimum absolute atomic E-state index is 0. The largest absolute Gasteiger partial charge is 0.506 e. The number of nitro benzene ring substituents is 1. The molecule has 0 spiro atoms. The molecule has 9 rings (SSSR count). The molecule has 0 radical (unpaired) electrons. The zero-order valence-electron chi connectivity index (χ0n) is 40.9. The smallest absolute Gasteiger partial charge is 0.295 e. The molecule has 2 aromatic heterocycles. The number of phenolic OH excluding ortho intramolecular Hbond substituents is 3. The molecule has 1 atom stereocenters. The van der Waals surface area contributed by atoms with Gasteiger partial charge in [0.25, 0.3) is 25.9 Å². The van der Waals surface area contributed by atoms with Gasteiger partial charge in [-0.25, -0.2) is 15.0 Å². The number of aromatic hydroxyl groups is 4. The predicted molar refractivity (Wildman–Crippen MR) is 296 cm³/mol. The van der Waals surface area contributed by atoms with Crippen molar-refractivity contribution in [3.63, 3.8) is 0 Å². The maximum atomic E-state index is 12.4. The molecule has 1 unspecified atom stereocenters. The molecule has 0 amide bonds. The molecule has 9 aromatic rings. The molecule has 0 fully saturated rings. The fourth-order valence-corrected chi connectivity index (χ4v) is 10.1. The number of aryl methyl sites for hydroxylation is 1. The number of alkyl halides is 2. The van der Waals surface area contributed by atoms with Gasteiger partial charge in [0.2, 0.25) is 11.2 Å². The van der Waals surface area contributed by atoms with E-state index in [1.165, 1.54) is 35.0 Å². The number of non-ortho nitro benzene ring substituents is 1. The van der Waals surface area contributed by atoms with Crippen LogP contribution in [0.2, 0.25) is 5.28 Å². The van der Waals surface area contributed by atoms with Crippen molar-refractivity contribution in [3.8, 4) is 28.8 Å². The van der Waals surface area contributed by atoms with Crippen molar-refractivity contribution in [2.75, 3.05) is 5.33 Å². The van der Waals surface area contributed by atoms with Gasteiger partial charge in [-0.15, -0.1) is 20.5 Å². The van der Waals surface area contributed by atoms with Gasteiger partial charge in [0.15, 0.2) is 17.2 Å². The summed E-state index contributed by atoms with van der Waals surface area (Å²) in [7, 11) is -9.24. The summed E-state index contributed by atoms with van der Waals surface area (Å²) in [6.45, 7) is 1.65. The fourth-order valence-electron chi connectivity index (χ4n) is 7.89. The quantitative estimate of drug-likeness (QED) is 0.0172. The van der Waals surface area contributed by atoms with Crippen molar-refractivity contribution in [1.29, 1.82) is 0 Å². The van der Waals surface area contributed by atoms with E-state index in [2.05, 4.69) is 72.4 Å². The molecule has 2 heterocycles. The van der Waals surface area contributed by atoms with Gasteiger partial charge in [0.05, 0.1) is 26.0 Å². The summed E-state index contributed by atoms with van der Waals surface area (Å²) >= 11 is 12.7. The van der Waals surface area contributed by atoms with Crippen LogP contribution in [0.4, 0.5) is 28.4 Å². The zero-order chi connectivity index (χ0) is 56.9. The second-order valence-corrected chi connectivity index (χ2v) is 21.9. The number of hydrogen-bond acceptors (Lipinski definition) is 19. The van der Waals surface area contributed by atoms with Gasteiger partial charge in [-0.05, 0) is 77.0 Å².